The molecule has 1 N–H and O–H groups in total. The van der Waals surface area contributed by atoms with Gasteiger partial charge in [0.05, 0.1) is 6.04 Å². The molecule has 0 bridgehead atoms. The second-order valence-electron chi connectivity index (χ2n) is 8.26. The van der Waals surface area contributed by atoms with Crippen molar-refractivity contribution < 1.29 is 4.79 Å². The Morgan fingerprint density at radius 3 is 1.79 bits per heavy atom. The maximum Gasteiger partial charge on any atom is 0.231 e. The van der Waals surface area contributed by atoms with Crippen molar-refractivity contribution in [2.24, 2.45) is 5.41 Å². The van der Waals surface area contributed by atoms with E-state index in [-0.39, 0.29) is 11.9 Å². The zero-order valence-corrected chi connectivity index (χ0v) is 17.7. The number of nitrogens with one attached hydrogen (secondary N) is 1. The summed E-state index contributed by atoms with van der Waals surface area (Å²) in [5, 5.41) is 3.43. The molecule has 0 aliphatic carbocycles. The summed E-state index contributed by atoms with van der Waals surface area (Å²) in [4.78, 5) is 16.8. The molecule has 0 aromatic heterocycles. The van der Waals surface area contributed by atoms with E-state index in [1.807, 2.05) is 20.8 Å². The zero-order chi connectivity index (χ0) is 20.1. The number of hydrogen-bond acceptors (Lipinski definition) is 3. The first-order valence-corrected chi connectivity index (χ1v) is 10.2. The van der Waals surface area contributed by atoms with Gasteiger partial charge in [0.2, 0.25) is 5.91 Å². The Labute approximate surface area is 173 Å². The number of benzene rings is 2. The fourth-order valence-corrected chi connectivity index (χ4v) is 3.71. The summed E-state index contributed by atoms with van der Waals surface area (Å²) in [6.45, 7) is 9.08. The van der Waals surface area contributed by atoms with Crippen molar-refractivity contribution in [1.82, 2.24) is 15.1 Å². The molecule has 2 aromatic rings. The maximum atomic E-state index is 12.2. The van der Waals surface area contributed by atoms with Crippen molar-refractivity contribution in [2.45, 2.75) is 26.8 Å². The average Bonchev–Trinajstić information content (AvgIpc) is 2.69. The van der Waals surface area contributed by atoms with Gasteiger partial charge in [0, 0.05) is 31.6 Å². The average molecular weight is 396 g/mol. The van der Waals surface area contributed by atoms with E-state index in [2.05, 4.69) is 75.8 Å². The van der Waals surface area contributed by atoms with Gasteiger partial charge < -0.3 is 10.2 Å². The van der Waals surface area contributed by atoms with Crippen LogP contribution in [-0.2, 0) is 4.79 Å². The summed E-state index contributed by atoms with van der Waals surface area (Å²) < 4.78 is 0. The van der Waals surface area contributed by atoms with E-state index in [1.54, 1.807) is 0 Å². The fraction of sp³-hybridized carbons (Fsp3) is 0.391. The van der Waals surface area contributed by atoms with Crippen molar-refractivity contribution >= 4 is 23.2 Å². The van der Waals surface area contributed by atoms with Crippen molar-refractivity contribution in [3.8, 4) is 0 Å². The van der Waals surface area contributed by atoms with Crippen LogP contribution in [0.1, 0.15) is 37.9 Å². The fourth-order valence-electron chi connectivity index (χ4n) is 3.43. The largest absolute Gasteiger partial charge is 0.346 e. The van der Waals surface area contributed by atoms with Crippen LogP contribution in [0.15, 0.2) is 60.7 Å². The predicted octanol–water partition coefficient (Wildman–Crippen LogP) is 3.84. The minimum atomic E-state index is -0.447. The Morgan fingerprint density at radius 2 is 1.36 bits per heavy atom. The molecule has 1 aliphatic rings. The lowest BCUT2D eigenvalue weighted by molar-refractivity contribution is -0.127. The molecule has 0 unspecified atom stereocenters. The summed E-state index contributed by atoms with van der Waals surface area (Å²) in [5.41, 5.74) is 2.15. The molecule has 0 saturated carbocycles. The van der Waals surface area contributed by atoms with Crippen molar-refractivity contribution in [1.29, 1.82) is 0 Å². The number of piperazine rings is 1. The van der Waals surface area contributed by atoms with E-state index in [1.165, 1.54) is 11.1 Å². The van der Waals surface area contributed by atoms with Gasteiger partial charge in [-0.2, -0.15) is 0 Å². The van der Waals surface area contributed by atoms with Gasteiger partial charge in [-0.15, -0.1) is 0 Å². The third kappa shape index (κ3) is 4.97. The number of thiocarbonyl (C=S) groups is 1. The topological polar surface area (TPSA) is 35.6 Å². The summed E-state index contributed by atoms with van der Waals surface area (Å²) in [5.74, 6) is -0.0358. The first-order chi connectivity index (χ1) is 13.4. The molecule has 1 saturated heterocycles. The molecule has 2 aromatic carbocycles. The zero-order valence-electron chi connectivity index (χ0n) is 16.9. The van der Waals surface area contributed by atoms with Crippen molar-refractivity contribution in [3.05, 3.63) is 71.8 Å². The van der Waals surface area contributed by atoms with Gasteiger partial charge in [0.25, 0.3) is 0 Å². The first kappa shape index (κ1) is 20.5. The van der Waals surface area contributed by atoms with E-state index < -0.39 is 5.41 Å². The van der Waals surface area contributed by atoms with E-state index in [0.717, 1.165) is 26.2 Å². The number of hydrogen-bond donors (Lipinski definition) is 1. The lowest BCUT2D eigenvalue weighted by Crippen LogP contribution is -2.54. The Bertz CT molecular complexity index is 754. The number of amides is 1. The molecule has 5 heteroatoms. The quantitative estimate of drug-likeness (QED) is 0.801. The molecule has 0 radical (unpaired) electrons. The van der Waals surface area contributed by atoms with Gasteiger partial charge in [-0.1, -0.05) is 81.4 Å². The summed E-state index contributed by atoms with van der Waals surface area (Å²) in [7, 11) is 0. The lowest BCUT2D eigenvalue weighted by Gasteiger charge is -2.40. The van der Waals surface area contributed by atoms with Crippen LogP contribution >= 0.6 is 12.2 Å². The normalized spacial score (nSPS) is 15.5. The molecule has 1 aliphatic heterocycles. The molecule has 1 amide bonds. The highest BCUT2D eigenvalue weighted by atomic mass is 32.1. The Kier molecular flexibility index (Phi) is 6.47. The predicted molar refractivity (Wildman–Crippen MR) is 118 cm³/mol. The minimum Gasteiger partial charge on any atom is -0.346 e. The summed E-state index contributed by atoms with van der Waals surface area (Å²) in [6.07, 6.45) is 0. The van der Waals surface area contributed by atoms with Gasteiger partial charge >= 0.3 is 0 Å². The standard InChI is InChI=1S/C23H29N3OS/c1-23(2,3)21(27)24-22(28)26-16-14-25(15-17-26)20(18-10-6-4-7-11-18)19-12-8-5-9-13-19/h4-13,20H,14-17H2,1-3H3,(H,24,27,28). The van der Waals surface area contributed by atoms with Crippen molar-refractivity contribution in [3.63, 3.8) is 0 Å². The Morgan fingerprint density at radius 1 is 0.893 bits per heavy atom. The van der Waals surface area contributed by atoms with Crippen LogP contribution in [0, 0.1) is 5.41 Å². The maximum absolute atomic E-state index is 12.2. The molecule has 3 rings (SSSR count). The van der Waals surface area contributed by atoms with Crippen LogP contribution in [0.5, 0.6) is 0 Å². The van der Waals surface area contributed by atoms with Crippen LogP contribution in [0.3, 0.4) is 0 Å². The summed E-state index contributed by atoms with van der Waals surface area (Å²) >= 11 is 5.49. The molecule has 0 atom stereocenters. The number of nitrogens with zero attached hydrogens (tertiary/aromatic N) is 2. The van der Waals surface area contributed by atoms with Crippen LogP contribution in [0.25, 0.3) is 0 Å². The molecule has 0 spiro atoms. The molecule has 1 heterocycles. The summed E-state index contributed by atoms with van der Waals surface area (Å²) in [6, 6.07) is 21.5. The Hall–Kier alpha value is -2.24. The highest BCUT2D eigenvalue weighted by molar-refractivity contribution is 7.80. The van der Waals surface area contributed by atoms with E-state index in [4.69, 9.17) is 12.2 Å². The molecular formula is C23H29N3OS. The lowest BCUT2D eigenvalue weighted by atomic mass is 9.96. The van der Waals surface area contributed by atoms with Gasteiger partial charge in [-0.3, -0.25) is 9.69 Å². The van der Waals surface area contributed by atoms with Crippen LogP contribution in [-0.4, -0.2) is 47.0 Å². The van der Waals surface area contributed by atoms with Crippen molar-refractivity contribution in [2.75, 3.05) is 26.2 Å². The highest BCUT2D eigenvalue weighted by Crippen LogP contribution is 2.29. The van der Waals surface area contributed by atoms with Gasteiger partial charge in [-0.05, 0) is 23.3 Å². The van der Waals surface area contributed by atoms with Gasteiger partial charge in [0.15, 0.2) is 5.11 Å². The van der Waals surface area contributed by atoms with Crippen LogP contribution in [0.2, 0.25) is 0 Å². The first-order valence-electron chi connectivity index (χ1n) is 9.80. The highest BCUT2D eigenvalue weighted by Gasteiger charge is 2.29. The van der Waals surface area contributed by atoms with Crippen LogP contribution < -0.4 is 5.32 Å². The second-order valence-corrected chi connectivity index (χ2v) is 8.64. The van der Waals surface area contributed by atoms with Crippen LogP contribution in [0.4, 0.5) is 0 Å². The minimum absolute atomic E-state index is 0.0358. The SMILES string of the molecule is CC(C)(C)C(=O)NC(=S)N1CCN(C(c2ccccc2)c2ccccc2)CC1. The smallest absolute Gasteiger partial charge is 0.231 e. The van der Waals surface area contributed by atoms with Gasteiger partial charge in [-0.25, -0.2) is 0 Å². The number of rotatable bonds is 3. The van der Waals surface area contributed by atoms with E-state index >= 15 is 0 Å². The molecular weight excluding hydrogens is 366 g/mol. The third-order valence-electron chi connectivity index (χ3n) is 5.10. The molecule has 4 nitrogen and oxygen atoms in total. The number of carbonyl (C=O) groups is 1. The second kappa shape index (κ2) is 8.84. The van der Waals surface area contributed by atoms with Gasteiger partial charge in [0.1, 0.15) is 0 Å². The Balaban J connectivity index is 1.69. The third-order valence-corrected chi connectivity index (χ3v) is 5.46. The molecule has 1 fully saturated rings. The van der Waals surface area contributed by atoms with E-state index in [0.29, 0.717) is 5.11 Å². The number of carbonyl (C=O) groups excluding carboxylic acids is 1. The monoisotopic (exact) mass is 395 g/mol. The molecule has 28 heavy (non-hydrogen) atoms. The van der Waals surface area contributed by atoms with E-state index in [9.17, 15) is 4.79 Å². The molecule has 148 valence electrons.